The van der Waals surface area contributed by atoms with Crippen LogP contribution in [0.1, 0.15) is 12.5 Å². The molecule has 0 atom stereocenters. The topological polar surface area (TPSA) is 96.8 Å². The van der Waals surface area contributed by atoms with Crippen molar-refractivity contribution in [3.05, 3.63) is 34.8 Å². The van der Waals surface area contributed by atoms with E-state index in [2.05, 4.69) is 32.7 Å². The molecule has 7 heteroatoms. The number of rotatable bonds is 7. The fraction of sp³-hybridized carbons (Fsp3) is 0.231. The summed E-state index contributed by atoms with van der Waals surface area (Å²) >= 11 is 3.45. The summed E-state index contributed by atoms with van der Waals surface area (Å²) in [7, 11) is 0. The van der Waals surface area contributed by atoms with Crippen molar-refractivity contribution in [2.24, 2.45) is 16.6 Å². The first-order chi connectivity index (χ1) is 9.58. The van der Waals surface area contributed by atoms with Crippen LogP contribution in [0.15, 0.2) is 34.4 Å². The molecule has 0 bridgehead atoms. The van der Waals surface area contributed by atoms with Crippen LogP contribution in [0, 0.1) is 0 Å². The predicted octanol–water partition coefficient (Wildman–Crippen LogP) is 0.101. The Morgan fingerprint density at radius 1 is 1.45 bits per heavy atom. The van der Waals surface area contributed by atoms with Crippen molar-refractivity contribution >= 4 is 28.1 Å². The van der Waals surface area contributed by atoms with Gasteiger partial charge in [0.15, 0.2) is 11.5 Å². The third-order valence-corrected chi connectivity index (χ3v) is 2.69. The summed E-state index contributed by atoms with van der Waals surface area (Å²) in [6.45, 7) is 6.45. The summed E-state index contributed by atoms with van der Waals surface area (Å²) in [5.41, 5.74) is 11.3. The second-order valence-electron chi connectivity index (χ2n) is 3.67. The molecule has 20 heavy (non-hydrogen) atoms. The molecule has 1 aromatic carbocycles. The highest BCUT2D eigenvalue weighted by Crippen LogP contribution is 2.36. The molecule has 0 heterocycles. The molecule has 0 spiro atoms. The predicted molar refractivity (Wildman–Crippen MR) is 82.9 cm³/mol. The summed E-state index contributed by atoms with van der Waals surface area (Å²) < 4.78 is 11.9. The number of hydrogen-bond donors (Lipinski definition) is 3. The first-order valence-corrected chi connectivity index (χ1v) is 6.75. The van der Waals surface area contributed by atoms with E-state index in [0.717, 1.165) is 10.0 Å². The van der Waals surface area contributed by atoms with Crippen LogP contribution >= 0.6 is 15.9 Å². The molecule has 5 N–H and O–H groups in total. The van der Waals surface area contributed by atoms with E-state index in [1.165, 1.54) is 0 Å². The van der Waals surface area contributed by atoms with Gasteiger partial charge in [-0.3, -0.25) is 0 Å². The number of guanidine groups is 1. The average molecular weight is 342 g/mol. The van der Waals surface area contributed by atoms with Crippen LogP contribution in [0.3, 0.4) is 0 Å². The number of benzene rings is 1. The molecule has 0 saturated heterocycles. The van der Waals surface area contributed by atoms with Gasteiger partial charge in [0.25, 0.3) is 5.96 Å². The molecule has 1 aromatic rings. The zero-order chi connectivity index (χ0) is 15.0. The van der Waals surface area contributed by atoms with Gasteiger partial charge in [0.1, 0.15) is 6.61 Å². The molecule has 0 aliphatic heterocycles. The number of nitrogens with one attached hydrogen (secondary N) is 1. The highest BCUT2D eigenvalue weighted by molar-refractivity contribution is 9.10. The average Bonchev–Trinajstić information content (AvgIpc) is 2.38. The van der Waals surface area contributed by atoms with E-state index >= 15 is 0 Å². The molecule has 0 radical (unpaired) electrons. The van der Waals surface area contributed by atoms with E-state index in [0.29, 0.717) is 24.7 Å². The second-order valence-corrected chi connectivity index (χ2v) is 4.53. The van der Waals surface area contributed by atoms with Crippen molar-refractivity contribution in [2.45, 2.75) is 6.92 Å². The minimum absolute atomic E-state index is 0.0451. The van der Waals surface area contributed by atoms with Gasteiger partial charge in [-0.2, -0.15) is 0 Å². The summed E-state index contributed by atoms with van der Waals surface area (Å²) in [5, 5.41) is 6.30. The third kappa shape index (κ3) is 4.93. The van der Waals surface area contributed by atoms with Crippen LogP contribution in [-0.2, 0) is 0 Å². The van der Waals surface area contributed by atoms with Gasteiger partial charge in [-0.25, -0.2) is 0 Å². The lowest BCUT2D eigenvalue weighted by molar-refractivity contribution is -0.456. The quantitative estimate of drug-likeness (QED) is 0.283. The van der Waals surface area contributed by atoms with Gasteiger partial charge < -0.3 is 20.9 Å². The molecular weight excluding hydrogens is 324 g/mol. The Morgan fingerprint density at radius 3 is 2.80 bits per heavy atom. The van der Waals surface area contributed by atoms with Gasteiger partial charge in [0, 0.05) is 10.7 Å². The highest BCUT2D eigenvalue weighted by atomic mass is 79.9. The van der Waals surface area contributed by atoms with Crippen molar-refractivity contribution in [2.75, 3.05) is 13.2 Å². The minimum Gasteiger partial charge on any atom is -0.490 e. The standard InChI is InChI=1S/C13H17BrN4O2/c1-3-5-20-12-10(14)6-9(7-11(12)19-4-2)8-17-18-13(15)16/h3,6-8H,1,4-5H2,2H3,(H4,15,16,18)/p+1/b17-8-. The SMILES string of the molecule is C=CCOc1c(Br)cc(/C=[NH+]\N=C(N)N)cc1OCC. The molecule has 0 aromatic heterocycles. The number of hydrazone groups is 1. The number of hydrogen-bond acceptors (Lipinski definition) is 3. The number of halogens is 1. The van der Waals surface area contributed by atoms with Gasteiger partial charge >= 0.3 is 0 Å². The lowest BCUT2D eigenvalue weighted by Gasteiger charge is -2.12. The van der Waals surface area contributed by atoms with Crippen LogP contribution in [0.4, 0.5) is 0 Å². The van der Waals surface area contributed by atoms with Gasteiger partial charge in [0.2, 0.25) is 6.21 Å². The molecule has 0 aliphatic rings. The van der Waals surface area contributed by atoms with Gasteiger partial charge in [-0.15, -0.1) is 5.10 Å². The molecular formula is C13H18BrN4O2+. The maximum absolute atomic E-state index is 5.58. The van der Waals surface area contributed by atoms with Crippen LogP contribution in [-0.4, -0.2) is 25.4 Å². The van der Waals surface area contributed by atoms with Crippen LogP contribution in [0.25, 0.3) is 0 Å². The molecule has 0 aliphatic carbocycles. The van der Waals surface area contributed by atoms with E-state index in [9.17, 15) is 0 Å². The maximum Gasteiger partial charge on any atom is 0.256 e. The van der Waals surface area contributed by atoms with E-state index in [4.69, 9.17) is 20.9 Å². The van der Waals surface area contributed by atoms with Crippen LogP contribution in [0.2, 0.25) is 0 Å². The summed E-state index contributed by atoms with van der Waals surface area (Å²) in [5.74, 6) is 1.21. The third-order valence-electron chi connectivity index (χ3n) is 2.10. The van der Waals surface area contributed by atoms with Crippen molar-refractivity contribution in [1.82, 2.24) is 0 Å². The van der Waals surface area contributed by atoms with Gasteiger partial charge in [-0.05, 0) is 35.0 Å². The van der Waals surface area contributed by atoms with E-state index < -0.39 is 0 Å². The van der Waals surface area contributed by atoms with Crippen LogP contribution < -0.4 is 26.0 Å². The Balaban J connectivity index is 3.08. The van der Waals surface area contributed by atoms with Crippen molar-refractivity contribution < 1.29 is 14.6 Å². The summed E-state index contributed by atoms with van der Waals surface area (Å²) in [6.07, 6.45) is 3.31. The fourth-order valence-corrected chi connectivity index (χ4v) is 1.97. The fourth-order valence-electron chi connectivity index (χ4n) is 1.40. The van der Waals surface area contributed by atoms with Crippen molar-refractivity contribution in [1.29, 1.82) is 0 Å². The Morgan fingerprint density at radius 2 is 2.20 bits per heavy atom. The lowest BCUT2D eigenvalue weighted by atomic mass is 10.2. The Labute approximate surface area is 126 Å². The molecule has 0 amide bonds. The van der Waals surface area contributed by atoms with Crippen molar-refractivity contribution in [3.63, 3.8) is 0 Å². The van der Waals surface area contributed by atoms with Gasteiger partial charge in [-0.1, -0.05) is 12.7 Å². The Hall–Kier alpha value is -2.02. The van der Waals surface area contributed by atoms with E-state index in [1.807, 2.05) is 19.1 Å². The van der Waals surface area contributed by atoms with Crippen LogP contribution in [0.5, 0.6) is 11.5 Å². The smallest absolute Gasteiger partial charge is 0.256 e. The molecule has 0 unspecified atom stereocenters. The lowest BCUT2D eigenvalue weighted by Crippen LogP contribution is -2.63. The largest absolute Gasteiger partial charge is 0.490 e. The highest BCUT2D eigenvalue weighted by Gasteiger charge is 2.12. The molecule has 0 saturated carbocycles. The molecule has 1 rings (SSSR count). The normalized spacial score (nSPS) is 10.3. The Kier molecular flexibility index (Phi) is 6.58. The van der Waals surface area contributed by atoms with Gasteiger partial charge in [0.05, 0.1) is 11.1 Å². The molecule has 108 valence electrons. The zero-order valence-corrected chi connectivity index (χ0v) is 12.8. The van der Waals surface area contributed by atoms with Crippen molar-refractivity contribution in [3.8, 4) is 11.5 Å². The van der Waals surface area contributed by atoms with E-state index in [1.54, 1.807) is 12.3 Å². The monoisotopic (exact) mass is 341 g/mol. The summed E-state index contributed by atoms with van der Waals surface area (Å²) in [4.78, 5) is 0. The maximum atomic E-state index is 5.58. The number of nitrogens with two attached hydrogens (primary N) is 2. The number of ether oxygens (including phenoxy) is 2. The van der Waals surface area contributed by atoms with E-state index in [-0.39, 0.29) is 5.96 Å². The zero-order valence-electron chi connectivity index (χ0n) is 11.2. The Bertz CT molecular complexity index is 525. The molecule has 0 fully saturated rings. The first-order valence-electron chi connectivity index (χ1n) is 5.95. The first kappa shape index (κ1) is 16.0. The number of nitrogens with zero attached hydrogens (tertiary/aromatic N) is 1. The summed E-state index contributed by atoms with van der Waals surface area (Å²) in [6, 6.07) is 3.68. The minimum atomic E-state index is -0.0451. The second kappa shape index (κ2) is 8.21. The molecule has 6 nitrogen and oxygen atoms in total.